The number of nitrogens with zero attached hydrogens (tertiary/aromatic N) is 1. The molecule has 1 aromatic rings. The molecule has 0 radical (unpaired) electrons. The number of carbonyl (C=O) groups excluding carboxylic acids is 5. The van der Waals surface area contributed by atoms with E-state index in [2.05, 4.69) is 41.9 Å². The van der Waals surface area contributed by atoms with Crippen LogP contribution in [-0.2, 0) is 35.2 Å². The zero-order chi connectivity index (χ0) is 30.7. The third-order valence-electron chi connectivity index (χ3n) is 6.29. The van der Waals surface area contributed by atoms with Crippen molar-refractivity contribution in [1.29, 1.82) is 0 Å². The summed E-state index contributed by atoms with van der Waals surface area (Å²) >= 11 is 0. The molecule has 2 heterocycles. The molecule has 0 bridgehead atoms. The Labute approximate surface area is 235 Å². The second kappa shape index (κ2) is 15.6. The van der Waals surface area contributed by atoms with Crippen LogP contribution in [0.3, 0.4) is 0 Å². The highest BCUT2D eigenvalue weighted by Gasteiger charge is 2.33. The van der Waals surface area contributed by atoms with Gasteiger partial charge in [-0.15, -0.1) is 0 Å². The van der Waals surface area contributed by atoms with Crippen LogP contribution in [0.15, 0.2) is 12.5 Å². The highest BCUT2D eigenvalue weighted by atomic mass is 16.4. The molecule has 1 saturated heterocycles. The third-order valence-corrected chi connectivity index (χ3v) is 6.29. The molecule has 2 rings (SSSR count). The van der Waals surface area contributed by atoms with Gasteiger partial charge in [0.2, 0.25) is 29.5 Å². The number of aliphatic hydroxyl groups excluding tert-OH is 2. The maximum absolute atomic E-state index is 13.1. The molecule has 0 unspecified atom stereocenters. The largest absolute Gasteiger partial charge is 0.480 e. The lowest BCUT2D eigenvalue weighted by atomic mass is 10.1. The quantitative estimate of drug-likeness (QED) is 0.0944. The number of rotatable bonds is 15. The number of hydrogen-bond donors (Lipinski definition) is 10. The van der Waals surface area contributed by atoms with Gasteiger partial charge in [0.05, 0.1) is 31.1 Å². The van der Waals surface area contributed by atoms with Gasteiger partial charge in [0.1, 0.15) is 18.1 Å². The first kappa shape index (κ1) is 33.1. The molecule has 0 aliphatic carbocycles. The third kappa shape index (κ3) is 10.4. The molecule has 0 spiro atoms. The van der Waals surface area contributed by atoms with E-state index in [1.807, 2.05) is 0 Å². The van der Waals surface area contributed by atoms with Crippen molar-refractivity contribution in [2.24, 2.45) is 0 Å². The number of hydrogen-bond acceptors (Lipinski definition) is 10. The maximum atomic E-state index is 13.1. The monoisotopic (exact) mass is 582 g/mol. The fourth-order valence-corrected chi connectivity index (χ4v) is 3.97. The van der Waals surface area contributed by atoms with E-state index in [1.54, 1.807) is 0 Å². The number of amides is 5. The summed E-state index contributed by atoms with van der Waals surface area (Å²) in [7, 11) is 0. The van der Waals surface area contributed by atoms with Crippen molar-refractivity contribution in [2.75, 3.05) is 13.1 Å². The zero-order valence-electron chi connectivity index (χ0n) is 23.0. The fourth-order valence-electron chi connectivity index (χ4n) is 3.97. The lowest BCUT2D eigenvalue weighted by Gasteiger charge is -2.26. The minimum Gasteiger partial charge on any atom is -0.480 e. The number of carboxylic acid groups (broad SMARTS) is 1. The number of nitrogens with one attached hydrogen (secondary N) is 7. The topological polar surface area (TPSA) is 264 Å². The van der Waals surface area contributed by atoms with Crippen LogP contribution in [0.5, 0.6) is 0 Å². The van der Waals surface area contributed by atoms with Crippen LogP contribution < -0.4 is 31.9 Å². The molecule has 1 aromatic heterocycles. The molecular weight excluding hydrogens is 544 g/mol. The van der Waals surface area contributed by atoms with Gasteiger partial charge in [0, 0.05) is 18.3 Å². The van der Waals surface area contributed by atoms with E-state index in [9.17, 15) is 39.0 Å². The molecule has 17 nitrogen and oxygen atoms in total. The predicted molar refractivity (Wildman–Crippen MR) is 141 cm³/mol. The van der Waals surface area contributed by atoms with E-state index in [1.165, 1.54) is 33.3 Å². The van der Waals surface area contributed by atoms with Crippen molar-refractivity contribution in [3.05, 3.63) is 18.2 Å². The Kier molecular flexibility index (Phi) is 12.6. The minimum atomic E-state index is -1.58. The summed E-state index contributed by atoms with van der Waals surface area (Å²) in [5.74, 6) is -5.20. The van der Waals surface area contributed by atoms with Crippen molar-refractivity contribution < 1.29 is 44.1 Å². The SMILES string of the molecule is C[C@H](NC(=O)[C@H](Cc1cnc[nH]1)NC(=O)[C@@H](NC(=O)[C@@H]1CCCN1)[C@@H](C)O)C(=O)NCC(=O)N[C@H](C(=O)O)[C@@H](C)O. The molecule has 7 atom stereocenters. The molecule has 1 aliphatic heterocycles. The van der Waals surface area contributed by atoms with E-state index in [4.69, 9.17) is 5.11 Å². The van der Waals surface area contributed by atoms with Crippen LogP contribution in [0, 0.1) is 0 Å². The molecular formula is C24H38N8O9. The molecule has 41 heavy (non-hydrogen) atoms. The van der Waals surface area contributed by atoms with Gasteiger partial charge in [-0.3, -0.25) is 24.0 Å². The van der Waals surface area contributed by atoms with E-state index < -0.39 is 84.5 Å². The highest BCUT2D eigenvalue weighted by Crippen LogP contribution is 2.07. The lowest BCUT2D eigenvalue weighted by molar-refractivity contribution is -0.144. The van der Waals surface area contributed by atoms with Gasteiger partial charge in [-0.2, -0.15) is 0 Å². The summed E-state index contributed by atoms with van der Waals surface area (Å²) in [6.45, 7) is 3.84. The maximum Gasteiger partial charge on any atom is 0.328 e. The molecule has 17 heteroatoms. The van der Waals surface area contributed by atoms with Gasteiger partial charge >= 0.3 is 5.97 Å². The van der Waals surface area contributed by atoms with Gasteiger partial charge in [-0.1, -0.05) is 0 Å². The number of carboxylic acids is 1. The van der Waals surface area contributed by atoms with Gasteiger partial charge in [-0.25, -0.2) is 9.78 Å². The average molecular weight is 583 g/mol. The zero-order valence-corrected chi connectivity index (χ0v) is 23.0. The van der Waals surface area contributed by atoms with Gasteiger partial charge in [-0.05, 0) is 40.2 Å². The van der Waals surface area contributed by atoms with Crippen LogP contribution in [0.25, 0.3) is 0 Å². The minimum absolute atomic E-state index is 0.0745. The van der Waals surface area contributed by atoms with Crippen molar-refractivity contribution >= 4 is 35.5 Å². The molecule has 1 aliphatic rings. The second-order valence-corrected chi connectivity index (χ2v) is 9.79. The first-order valence-electron chi connectivity index (χ1n) is 13.1. The molecule has 0 saturated carbocycles. The Morgan fingerprint density at radius 3 is 2.17 bits per heavy atom. The Balaban J connectivity index is 2.02. The number of imidazole rings is 1. The van der Waals surface area contributed by atoms with Crippen molar-refractivity contribution in [3.8, 4) is 0 Å². The fraction of sp³-hybridized carbons (Fsp3) is 0.625. The Hall–Kier alpha value is -4.09. The van der Waals surface area contributed by atoms with Crippen LogP contribution in [0.2, 0.25) is 0 Å². The summed E-state index contributed by atoms with van der Waals surface area (Å²) < 4.78 is 0. The molecule has 0 aromatic carbocycles. The second-order valence-electron chi connectivity index (χ2n) is 9.79. The van der Waals surface area contributed by atoms with Gasteiger partial charge in [0.15, 0.2) is 6.04 Å². The average Bonchev–Trinajstić information content (AvgIpc) is 3.62. The van der Waals surface area contributed by atoms with E-state index >= 15 is 0 Å². The lowest BCUT2D eigenvalue weighted by Crippen LogP contribution is -2.60. The summed E-state index contributed by atoms with van der Waals surface area (Å²) in [5, 5.41) is 43.4. The van der Waals surface area contributed by atoms with Crippen LogP contribution in [0.1, 0.15) is 39.3 Å². The first-order chi connectivity index (χ1) is 19.3. The normalized spacial score (nSPS) is 19.0. The van der Waals surface area contributed by atoms with Crippen molar-refractivity contribution in [3.63, 3.8) is 0 Å². The van der Waals surface area contributed by atoms with E-state index in [0.29, 0.717) is 18.7 Å². The Bertz CT molecular complexity index is 1070. The number of aromatic nitrogens is 2. The van der Waals surface area contributed by atoms with E-state index in [-0.39, 0.29) is 6.42 Å². The van der Waals surface area contributed by atoms with Gasteiger partial charge in [0.25, 0.3) is 0 Å². The highest BCUT2D eigenvalue weighted by molar-refractivity contribution is 5.96. The summed E-state index contributed by atoms with van der Waals surface area (Å²) in [6, 6.07) is -5.89. The number of aromatic amines is 1. The van der Waals surface area contributed by atoms with E-state index in [0.717, 1.165) is 6.42 Å². The summed E-state index contributed by atoms with van der Waals surface area (Å²) in [5.41, 5.74) is 0.470. The molecule has 228 valence electrons. The first-order valence-corrected chi connectivity index (χ1v) is 13.1. The van der Waals surface area contributed by atoms with Crippen LogP contribution in [-0.4, -0.2) is 116 Å². The predicted octanol–water partition coefficient (Wildman–Crippen LogP) is -4.37. The van der Waals surface area contributed by atoms with Gasteiger partial charge < -0.3 is 52.2 Å². The van der Waals surface area contributed by atoms with Crippen molar-refractivity contribution in [2.45, 2.75) is 82.5 Å². The number of aliphatic carboxylic acids is 1. The Morgan fingerprint density at radius 2 is 1.63 bits per heavy atom. The number of aliphatic hydroxyl groups is 2. The standard InChI is InChI=1S/C24H38N8O9/c1-11(20(36)27-9-17(35)31-19(13(3)34)24(40)41)29-22(38)16(7-14-8-25-10-28-14)30-23(39)18(12(2)33)32-21(37)15-5-4-6-26-15/h8,10-13,15-16,18-19,26,33-34H,4-7,9H2,1-3H3,(H,25,28)(H,27,36)(H,29,38)(H,30,39)(H,31,35)(H,32,37)(H,40,41)/t11-,12+,13+,15-,16-,18-,19-/m0/s1. The Morgan fingerprint density at radius 1 is 0.951 bits per heavy atom. The summed E-state index contributed by atoms with van der Waals surface area (Å²) in [4.78, 5) is 81.0. The van der Waals surface area contributed by atoms with Crippen molar-refractivity contribution in [1.82, 2.24) is 41.9 Å². The molecule has 5 amide bonds. The summed E-state index contributed by atoms with van der Waals surface area (Å²) in [6.07, 6.45) is 1.42. The van der Waals surface area contributed by atoms with Crippen LogP contribution >= 0.6 is 0 Å². The molecule has 1 fully saturated rings. The molecule has 10 N–H and O–H groups in total. The smallest absolute Gasteiger partial charge is 0.328 e. The number of carbonyl (C=O) groups is 6. The van der Waals surface area contributed by atoms with Crippen LogP contribution in [0.4, 0.5) is 0 Å². The number of H-pyrrole nitrogens is 1.